The molecule has 2 unspecified atom stereocenters. The molecule has 2 atom stereocenters. The van der Waals surface area contributed by atoms with E-state index in [1.54, 1.807) is 0 Å². The Balaban J connectivity index is 4.21. The number of hydrogen-bond acceptors (Lipinski definition) is 2. The lowest BCUT2D eigenvalue weighted by molar-refractivity contribution is -0.165. The zero-order valence-electron chi connectivity index (χ0n) is 21.5. The van der Waals surface area contributed by atoms with Gasteiger partial charge in [0.25, 0.3) is 0 Å². The van der Waals surface area contributed by atoms with Crippen LogP contribution in [0.25, 0.3) is 0 Å². The first-order valence-corrected chi connectivity index (χ1v) is 13.7. The van der Waals surface area contributed by atoms with E-state index >= 15 is 0 Å². The third kappa shape index (κ3) is 16.2. The SMILES string of the molecule is CCCCCCCCCCCC(=O)OC(C)(CCCCCCCC)C(C)CCCC. The third-order valence-corrected chi connectivity index (χ3v) is 6.89. The van der Waals surface area contributed by atoms with Gasteiger partial charge in [0, 0.05) is 6.42 Å². The molecule has 0 aromatic heterocycles. The normalized spacial score (nSPS) is 14.4. The van der Waals surface area contributed by atoms with Gasteiger partial charge < -0.3 is 4.74 Å². The molecule has 0 fully saturated rings. The summed E-state index contributed by atoms with van der Waals surface area (Å²) in [5, 5.41) is 0. The maximum atomic E-state index is 12.6. The Bertz CT molecular complexity index is 379. The van der Waals surface area contributed by atoms with E-state index in [2.05, 4.69) is 34.6 Å². The first-order valence-electron chi connectivity index (χ1n) is 13.7. The molecule has 0 radical (unpaired) electrons. The van der Waals surface area contributed by atoms with E-state index in [-0.39, 0.29) is 11.6 Å². The summed E-state index contributed by atoms with van der Waals surface area (Å²) in [7, 11) is 0. The topological polar surface area (TPSA) is 26.3 Å². The van der Waals surface area contributed by atoms with Crippen molar-refractivity contribution in [3.63, 3.8) is 0 Å². The number of unbranched alkanes of at least 4 members (excludes halogenated alkanes) is 14. The van der Waals surface area contributed by atoms with Gasteiger partial charge in [-0.3, -0.25) is 4.79 Å². The Morgan fingerprint density at radius 1 is 0.667 bits per heavy atom. The van der Waals surface area contributed by atoms with Crippen molar-refractivity contribution in [3.8, 4) is 0 Å². The molecule has 0 bridgehead atoms. The molecule has 0 N–H and O–H groups in total. The van der Waals surface area contributed by atoms with Crippen molar-refractivity contribution in [3.05, 3.63) is 0 Å². The van der Waals surface area contributed by atoms with E-state index in [0.717, 1.165) is 19.3 Å². The monoisotopic (exact) mass is 424 g/mol. The number of carbonyl (C=O) groups is 1. The summed E-state index contributed by atoms with van der Waals surface area (Å²) in [5.74, 6) is 0.481. The Hall–Kier alpha value is -0.530. The number of hydrogen-bond donors (Lipinski definition) is 0. The van der Waals surface area contributed by atoms with Crippen LogP contribution in [0.5, 0.6) is 0 Å². The van der Waals surface area contributed by atoms with Crippen LogP contribution < -0.4 is 0 Å². The number of rotatable bonds is 22. The average molecular weight is 425 g/mol. The van der Waals surface area contributed by atoms with Gasteiger partial charge in [0.15, 0.2) is 0 Å². The highest BCUT2D eigenvalue weighted by molar-refractivity contribution is 5.69. The Morgan fingerprint density at radius 3 is 1.60 bits per heavy atom. The van der Waals surface area contributed by atoms with Gasteiger partial charge in [0.05, 0.1) is 0 Å². The molecule has 0 aromatic carbocycles. The summed E-state index contributed by atoms with van der Waals surface area (Å²) in [6, 6.07) is 0. The highest BCUT2D eigenvalue weighted by Gasteiger charge is 2.34. The summed E-state index contributed by atoms with van der Waals surface area (Å²) >= 11 is 0. The molecule has 0 aliphatic heterocycles. The minimum absolute atomic E-state index is 0.0368. The van der Waals surface area contributed by atoms with E-state index < -0.39 is 0 Å². The summed E-state index contributed by atoms with van der Waals surface area (Å²) in [5.41, 5.74) is -0.281. The number of carbonyl (C=O) groups excluding carboxylic acids is 1. The Labute approximate surface area is 190 Å². The maximum Gasteiger partial charge on any atom is 0.306 e. The molecule has 0 aromatic rings. The van der Waals surface area contributed by atoms with Crippen LogP contribution in [0.4, 0.5) is 0 Å². The van der Waals surface area contributed by atoms with Crippen LogP contribution in [-0.2, 0) is 9.53 Å². The van der Waals surface area contributed by atoms with Crippen LogP contribution >= 0.6 is 0 Å². The van der Waals surface area contributed by atoms with E-state index in [0.29, 0.717) is 12.3 Å². The van der Waals surface area contributed by atoms with Crippen LogP contribution in [0.3, 0.4) is 0 Å². The zero-order chi connectivity index (χ0) is 22.5. The molecule has 2 nitrogen and oxygen atoms in total. The lowest BCUT2D eigenvalue weighted by Crippen LogP contribution is -2.38. The Kier molecular flexibility index (Phi) is 20.0. The zero-order valence-corrected chi connectivity index (χ0v) is 21.5. The number of esters is 1. The van der Waals surface area contributed by atoms with Gasteiger partial charge in [0.2, 0.25) is 0 Å². The quantitative estimate of drug-likeness (QED) is 0.128. The van der Waals surface area contributed by atoms with Crippen molar-refractivity contribution in [2.45, 2.75) is 169 Å². The predicted molar refractivity (Wildman–Crippen MR) is 133 cm³/mol. The fraction of sp³-hybridized carbons (Fsp3) is 0.964. The molecule has 0 heterocycles. The van der Waals surface area contributed by atoms with Gasteiger partial charge in [-0.1, -0.05) is 124 Å². The first-order chi connectivity index (χ1) is 14.5. The lowest BCUT2D eigenvalue weighted by Gasteiger charge is -2.36. The first kappa shape index (κ1) is 29.5. The van der Waals surface area contributed by atoms with E-state index in [1.165, 1.54) is 103 Å². The van der Waals surface area contributed by atoms with Crippen molar-refractivity contribution in [2.24, 2.45) is 5.92 Å². The average Bonchev–Trinajstić information content (AvgIpc) is 2.73. The van der Waals surface area contributed by atoms with Crippen molar-refractivity contribution in [1.29, 1.82) is 0 Å². The molecule has 2 heteroatoms. The van der Waals surface area contributed by atoms with Crippen LogP contribution in [0.1, 0.15) is 163 Å². The van der Waals surface area contributed by atoms with Crippen molar-refractivity contribution < 1.29 is 9.53 Å². The Morgan fingerprint density at radius 2 is 1.10 bits per heavy atom. The minimum Gasteiger partial charge on any atom is -0.459 e. The van der Waals surface area contributed by atoms with Crippen LogP contribution in [0.2, 0.25) is 0 Å². The highest BCUT2D eigenvalue weighted by atomic mass is 16.6. The molecule has 0 saturated carbocycles. The van der Waals surface area contributed by atoms with E-state index in [1.807, 2.05) is 0 Å². The fourth-order valence-electron chi connectivity index (χ4n) is 4.36. The van der Waals surface area contributed by atoms with Gasteiger partial charge in [-0.25, -0.2) is 0 Å². The van der Waals surface area contributed by atoms with Gasteiger partial charge in [0.1, 0.15) is 5.60 Å². The van der Waals surface area contributed by atoms with Crippen molar-refractivity contribution >= 4 is 5.97 Å². The van der Waals surface area contributed by atoms with E-state index in [9.17, 15) is 4.79 Å². The third-order valence-electron chi connectivity index (χ3n) is 6.89. The number of ether oxygens (including phenoxy) is 1. The molecule has 30 heavy (non-hydrogen) atoms. The summed E-state index contributed by atoms with van der Waals surface area (Å²) < 4.78 is 6.16. The second kappa shape index (κ2) is 20.4. The fourth-order valence-corrected chi connectivity index (χ4v) is 4.36. The van der Waals surface area contributed by atoms with Gasteiger partial charge in [-0.05, 0) is 38.5 Å². The van der Waals surface area contributed by atoms with Gasteiger partial charge in [-0.2, -0.15) is 0 Å². The van der Waals surface area contributed by atoms with Crippen LogP contribution in [-0.4, -0.2) is 11.6 Å². The molecule has 180 valence electrons. The van der Waals surface area contributed by atoms with Gasteiger partial charge >= 0.3 is 5.97 Å². The largest absolute Gasteiger partial charge is 0.459 e. The molecule has 0 spiro atoms. The van der Waals surface area contributed by atoms with Crippen molar-refractivity contribution in [2.75, 3.05) is 0 Å². The molecule has 0 saturated heterocycles. The molecular weight excluding hydrogens is 368 g/mol. The van der Waals surface area contributed by atoms with Crippen molar-refractivity contribution in [1.82, 2.24) is 0 Å². The second-order valence-electron chi connectivity index (χ2n) is 9.93. The summed E-state index contributed by atoms with van der Waals surface area (Å²) in [6.07, 6.45) is 24.5. The smallest absolute Gasteiger partial charge is 0.306 e. The second-order valence-corrected chi connectivity index (χ2v) is 9.93. The molecule has 0 amide bonds. The predicted octanol–water partition coefficient (Wildman–Crippen LogP) is 9.79. The summed E-state index contributed by atoms with van der Waals surface area (Å²) in [6.45, 7) is 11.3. The minimum atomic E-state index is -0.281. The lowest BCUT2D eigenvalue weighted by atomic mass is 9.82. The molecule has 0 aliphatic carbocycles. The molecule has 0 aliphatic rings. The van der Waals surface area contributed by atoms with E-state index in [4.69, 9.17) is 4.74 Å². The molecule has 0 rings (SSSR count). The highest BCUT2D eigenvalue weighted by Crippen LogP contribution is 2.32. The maximum absolute atomic E-state index is 12.6. The summed E-state index contributed by atoms with van der Waals surface area (Å²) in [4.78, 5) is 12.6. The van der Waals surface area contributed by atoms with Gasteiger partial charge in [-0.15, -0.1) is 0 Å². The van der Waals surface area contributed by atoms with Crippen LogP contribution in [0, 0.1) is 5.92 Å². The van der Waals surface area contributed by atoms with Crippen LogP contribution in [0.15, 0.2) is 0 Å². The molecular formula is C28H56O2. The standard InChI is InChI=1S/C28H56O2/c1-6-9-12-14-16-17-18-19-21-24-27(29)30-28(5,26(4)23-11-8-3)25-22-20-15-13-10-7-2/h26H,6-25H2,1-5H3.